The van der Waals surface area contributed by atoms with Crippen molar-refractivity contribution in [3.63, 3.8) is 0 Å². The highest BCUT2D eigenvalue weighted by Crippen LogP contribution is 2.31. The molecule has 1 saturated heterocycles. The number of piperidine rings is 1. The molecule has 1 aliphatic carbocycles. The van der Waals surface area contributed by atoms with Gasteiger partial charge in [-0.2, -0.15) is 0 Å². The van der Waals surface area contributed by atoms with Gasteiger partial charge in [-0.05, 0) is 44.6 Å². The maximum atomic E-state index is 12.4. The summed E-state index contributed by atoms with van der Waals surface area (Å²) in [5.74, 6) is 0.598. The number of hydrogen-bond acceptors (Lipinski definition) is 2. The molecule has 5 heteroatoms. The Morgan fingerprint density at radius 3 is 2.32 bits per heavy atom. The molecule has 1 aliphatic heterocycles. The Labute approximate surface area is 150 Å². The van der Waals surface area contributed by atoms with Crippen LogP contribution in [0, 0.1) is 12.8 Å². The van der Waals surface area contributed by atoms with Crippen molar-refractivity contribution < 1.29 is 9.59 Å². The predicted molar refractivity (Wildman–Crippen MR) is 98.2 cm³/mol. The molecule has 3 rings (SSSR count). The number of carbonyl (C=O) groups is 2. The van der Waals surface area contributed by atoms with Gasteiger partial charge in [0.05, 0.1) is 6.04 Å². The molecular formula is C20H29N3O2. The van der Waals surface area contributed by atoms with E-state index >= 15 is 0 Å². The quantitative estimate of drug-likeness (QED) is 0.863. The van der Waals surface area contributed by atoms with Gasteiger partial charge in [0.1, 0.15) is 0 Å². The molecule has 25 heavy (non-hydrogen) atoms. The van der Waals surface area contributed by atoms with Crippen molar-refractivity contribution in [1.29, 1.82) is 0 Å². The summed E-state index contributed by atoms with van der Waals surface area (Å²) >= 11 is 0. The molecule has 1 aromatic rings. The van der Waals surface area contributed by atoms with E-state index in [1.807, 2.05) is 4.90 Å². The average molecular weight is 343 g/mol. The molecule has 0 radical (unpaired) electrons. The molecule has 5 nitrogen and oxygen atoms in total. The number of hydrogen-bond donors (Lipinski definition) is 2. The SMILES string of the molecule is CC[C@@H](NC(=O)NC1CCN(C(=O)C2CC2)CC1)c1ccc(C)cc1. The number of rotatable bonds is 5. The zero-order chi connectivity index (χ0) is 17.8. The van der Waals surface area contributed by atoms with Gasteiger partial charge in [0.25, 0.3) is 0 Å². The second-order valence-corrected chi connectivity index (χ2v) is 7.36. The molecular weight excluding hydrogens is 314 g/mol. The van der Waals surface area contributed by atoms with Gasteiger partial charge in [-0.25, -0.2) is 4.79 Å². The Morgan fingerprint density at radius 1 is 1.12 bits per heavy atom. The summed E-state index contributed by atoms with van der Waals surface area (Å²) < 4.78 is 0. The third kappa shape index (κ3) is 4.74. The van der Waals surface area contributed by atoms with Crippen molar-refractivity contribution in [2.24, 2.45) is 5.92 Å². The minimum absolute atomic E-state index is 0.0251. The number of amides is 3. The monoisotopic (exact) mass is 343 g/mol. The number of likely N-dealkylation sites (tertiary alicyclic amines) is 1. The average Bonchev–Trinajstić information content (AvgIpc) is 3.46. The number of benzene rings is 1. The molecule has 0 spiro atoms. The van der Waals surface area contributed by atoms with Crippen LogP contribution in [0.5, 0.6) is 0 Å². The highest BCUT2D eigenvalue weighted by Gasteiger charge is 2.35. The van der Waals surface area contributed by atoms with Gasteiger partial charge in [0, 0.05) is 25.0 Å². The zero-order valence-electron chi connectivity index (χ0n) is 15.3. The summed E-state index contributed by atoms with van der Waals surface area (Å²) in [7, 11) is 0. The number of nitrogens with zero attached hydrogens (tertiary/aromatic N) is 1. The number of urea groups is 1. The highest BCUT2D eigenvalue weighted by molar-refractivity contribution is 5.81. The summed E-state index contributed by atoms with van der Waals surface area (Å²) in [6.07, 6.45) is 4.64. The molecule has 1 aromatic carbocycles. The second-order valence-electron chi connectivity index (χ2n) is 7.36. The van der Waals surface area contributed by atoms with Crippen LogP contribution in [-0.2, 0) is 4.79 Å². The molecule has 0 unspecified atom stereocenters. The van der Waals surface area contributed by atoms with Crippen LogP contribution in [0.25, 0.3) is 0 Å². The Hall–Kier alpha value is -2.04. The smallest absolute Gasteiger partial charge is 0.315 e. The van der Waals surface area contributed by atoms with E-state index in [0.29, 0.717) is 5.91 Å². The fourth-order valence-corrected chi connectivity index (χ4v) is 3.44. The zero-order valence-corrected chi connectivity index (χ0v) is 15.3. The molecule has 3 amide bonds. The standard InChI is InChI=1S/C20H29N3O2/c1-3-18(15-6-4-14(2)5-7-15)22-20(25)21-17-10-12-23(13-11-17)19(24)16-8-9-16/h4-7,16-18H,3,8-13H2,1-2H3,(H2,21,22,25)/t18-/m1/s1. The summed E-state index contributed by atoms with van der Waals surface area (Å²) in [6, 6.07) is 8.36. The van der Waals surface area contributed by atoms with Crippen molar-refractivity contribution in [2.75, 3.05) is 13.1 Å². The summed E-state index contributed by atoms with van der Waals surface area (Å²) in [5.41, 5.74) is 2.35. The lowest BCUT2D eigenvalue weighted by Gasteiger charge is -2.33. The van der Waals surface area contributed by atoms with Crippen LogP contribution in [0.3, 0.4) is 0 Å². The van der Waals surface area contributed by atoms with Crippen LogP contribution in [-0.4, -0.2) is 36.0 Å². The third-order valence-corrected chi connectivity index (χ3v) is 5.26. The number of aryl methyl sites for hydroxylation is 1. The Balaban J connectivity index is 1.45. The van der Waals surface area contributed by atoms with E-state index in [1.165, 1.54) is 5.56 Å². The summed E-state index contributed by atoms with van der Waals surface area (Å²) in [5, 5.41) is 6.16. The van der Waals surface area contributed by atoms with E-state index in [-0.39, 0.29) is 24.0 Å². The van der Waals surface area contributed by atoms with E-state index < -0.39 is 0 Å². The molecule has 2 aliphatic rings. The first-order chi connectivity index (χ1) is 12.1. The number of nitrogens with one attached hydrogen (secondary N) is 2. The Kier molecular flexibility index (Phi) is 5.61. The Bertz CT molecular complexity index is 602. The molecule has 0 aromatic heterocycles. The van der Waals surface area contributed by atoms with Crippen molar-refractivity contribution in [3.05, 3.63) is 35.4 Å². The minimum Gasteiger partial charge on any atom is -0.342 e. The first-order valence-electron chi connectivity index (χ1n) is 9.49. The first-order valence-corrected chi connectivity index (χ1v) is 9.49. The maximum Gasteiger partial charge on any atom is 0.315 e. The van der Waals surface area contributed by atoms with E-state index in [0.717, 1.165) is 50.8 Å². The van der Waals surface area contributed by atoms with Crippen molar-refractivity contribution >= 4 is 11.9 Å². The highest BCUT2D eigenvalue weighted by atomic mass is 16.2. The van der Waals surface area contributed by atoms with Crippen molar-refractivity contribution in [3.8, 4) is 0 Å². The lowest BCUT2D eigenvalue weighted by atomic mass is 10.0. The van der Waals surface area contributed by atoms with Gasteiger partial charge in [-0.1, -0.05) is 36.8 Å². The fourth-order valence-electron chi connectivity index (χ4n) is 3.44. The van der Waals surface area contributed by atoms with Crippen LogP contribution in [0.2, 0.25) is 0 Å². The first kappa shape index (κ1) is 17.8. The third-order valence-electron chi connectivity index (χ3n) is 5.26. The van der Waals surface area contributed by atoms with Crippen molar-refractivity contribution in [1.82, 2.24) is 15.5 Å². The van der Waals surface area contributed by atoms with Crippen LogP contribution < -0.4 is 10.6 Å². The lowest BCUT2D eigenvalue weighted by Crippen LogP contribution is -2.49. The van der Waals surface area contributed by atoms with Crippen molar-refractivity contribution in [2.45, 2.75) is 58.0 Å². The van der Waals surface area contributed by atoms with Crippen LogP contribution in [0.1, 0.15) is 56.2 Å². The van der Waals surface area contributed by atoms with E-state index in [9.17, 15) is 9.59 Å². The van der Waals surface area contributed by atoms with Crippen LogP contribution in [0.15, 0.2) is 24.3 Å². The number of carbonyl (C=O) groups excluding carboxylic acids is 2. The largest absolute Gasteiger partial charge is 0.342 e. The lowest BCUT2D eigenvalue weighted by molar-refractivity contribution is -0.133. The Morgan fingerprint density at radius 2 is 1.76 bits per heavy atom. The summed E-state index contributed by atoms with van der Waals surface area (Å²) in [4.78, 5) is 26.4. The molecule has 136 valence electrons. The molecule has 1 atom stereocenters. The van der Waals surface area contributed by atoms with Crippen LogP contribution >= 0.6 is 0 Å². The van der Waals surface area contributed by atoms with Gasteiger partial charge in [0.15, 0.2) is 0 Å². The van der Waals surface area contributed by atoms with E-state index in [4.69, 9.17) is 0 Å². The molecule has 2 fully saturated rings. The normalized spacial score (nSPS) is 19.4. The minimum atomic E-state index is -0.112. The van der Waals surface area contributed by atoms with Gasteiger partial charge >= 0.3 is 6.03 Å². The fraction of sp³-hybridized carbons (Fsp3) is 0.600. The van der Waals surface area contributed by atoms with Gasteiger partial charge < -0.3 is 15.5 Å². The van der Waals surface area contributed by atoms with Gasteiger partial charge in [0.2, 0.25) is 5.91 Å². The molecule has 1 saturated carbocycles. The molecule has 0 bridgehead atoms. The second kappa shape index (κ2) is 7.89. The summed E-state index contributed by atoms with van der Waals surface area (Å²) in [6.45, 7) is 5.66. The van der Waals surface area contributed by atoms with Gasteiger partial charge in [-0.15, -0.1) is 0 Å². The van der Waals surface area contributed by atoms with Gasteiger partial charge in [-0.3, -0.25) is 4.79 Å². The molecule has 2 N–H and O–H groups in total. The van der Waals surface area contributed by atoms with Crippen LogP contribution in [0.4, 0.5) is 4.79 Å². The topological polar surface area (TPSA) is 61.4 Å². The predicted octanol–water partition coefficient (Wildman–Crippen LogP) is 3.15. The maximum absolute atomic E-state index is 12.4. The molecule has 1 heterocycles. The van der Waals surface area contributed by atoms with E-state index in [1.54, 1.807) is 0 Å². The van der Waals surface area contributed by atoms with E-state index in [2.05, 4.69) is 48.7 Å².